The lowest BCUT2D eigenvalue weighted by Crippen LogP contribution is -2.24. The van der Waals surface area contributed by atoms with Crippen LogP contribution >= 0.6 is 34.2 Å². The Balaban J connectivity index is 2.32. The highest BCUT2D eigenvalue weighted by atomic mass is 127. The van der Waals surface area contributed by atoms with Gasteiger partial charge in [0.2, 0.25) is 0 Å². The lowest BCUT2D eigenvalue weighted by Gasteiger charge is -2.21. The van der Waals surface area contributed by atoms with Gasteiger partial charge < -0.3 is 5.32 Å². The summed E-state index contributed by atoms with van der Waals surface area (Å²) in [6.07, 6.45) is 0.910. The van der Waals surface area contributed by atoms with Crippen LogP contribution in [-0.2, 0) is 6.42 Å². The van der Waals surface area contributed by atoms with E-state index in [-0.39, 0.29) is 0 Å². The minimum Gasteiger partial charge on any atom is -0.310 e. The van der Waals surface area contributed by atoms with Gasteiger partial charge in [0.15, 0.2) is 0 Å². The van der Waals surface area contributed by atoms with Crippen LogP contribution in [0.25, 0.3) is 0 Å². The number of halogens is 2. The molecule has 0 saturated carbocycles. The van der Waals surface area contributed by atoms with Crippen LogP contribution in [0.15, 0.2) is 42.5 Å². The first-order chi connectivity index (χ1) is 9.63. The van der Waals surface area contributed by atoms with Crippen molar-refractivity contribution in [1.29, 1.82) is 0 Å². The van der Waals surface area contributed by atoms with E-state index in [2.05, 4.69) is 66.0 Å². The third-order valence-electron chi connectivity index (χ3n) is 3.43. The summed E-state index contributed by atoms with van der Waals surface area (Å²) in [4.78, 5) is 0. The molecule has 1 unspecified atom stereocenters. The molecule has 1 atom stereocenters. The zero-order valence-corrected chi connectivity index (χ0v) is 14.7. The van der Waals surface area contributed by atoms with Gasteiger partial charge in [-0.25, -0.2) is 0 Å². The molecule has 2 rings (SSSR count). The molecule has 0 radical (unpaired) electrons. The third-order valence-corrected chi connectivity index (χ3v) is 5.27. The summed E-state index contributed by atoms with van der Waals surface area (Å²) in [6.45, 7) is 5.24. The fourth-order valence-electron chi connectivity index (χ4n) is 2.36. The van der Waals surface area contributed by atoms with Gasteiger partial charge in [-0.1, -0.05) is 54.9 Å². The Morgan fingerprint density at radius 2 is 1.90 bits per heavy atom. The molecular formula is C17H19ClIN. The van der Waals surface area contributed by atoms with Gasteiger partial charge in [-0.2, -0.15) is 0 Å². The van der Waals surface area contributed by atoms with Crippen molar-refractivity contribution >= 4 is 34.2 Å². The van der Waals surface area contributed by atoms with Gasteiger partial charge >= 0.3 is 0 Å². The fourth-order valence-corrected chi connectivity index (χ4v) is 3.31. The van der Waals surface area contributed by atoms with E-state index in [4.69, 9.17) is 11.6 Å². The first kappa shape index (κ1) is 15.8. The number of hydrogen-bond acceptors (Lipinski definition) is 1. The number of aryl methyl sites for hydroxylation is 1. The van der Waals surface area contributed by atoms with Crippen LogP contribution in [0.3, 0.4) is 0 Å². The normalized spacial score (nSPS) is 12.4. The maximum atomic E-state index is 6.30. The van der Waals surface area contributed by atoms with E-state index in [1.54, 1.807) is 0 Å². The molecule has 0 heterocycles. The first-order valence-electron chi connectivity index (χ1n) is 6.85. The number of hydrogen-bond donors (Lipinski definition) is 1. The van der Waals surface area contributed by atoms with Crippen molar-refractivity contribution in [2.24, 2.45) is 0 Å². The molecule has 0 spiro atoms. The molecule has 0 bridgehead atoms. The van der Waals surface area contributed by atoms with Crippen molar-refractivity contribution in [1.82, 2.24) is 5.32 Å². The Bertz CT molecular complexity index is 583. The SMILES string of the molecule is CCNC(Cc1ccccc1Cl)c1cccc(C)c1I. The van der Waals surface area contributed by atoms with Gasteiger partial charge in [-0.15, -0.1) is 0 Å². The standard InChI is InChI=1S/C17H19ClIN/c1-3-20-16(11-13-8-4-5-10-15(13)18)14-9-6-7-12(2)17(14)19/h4-10,16,20H,3,11H2,1-2H3. The van der Waals surface area contributed by atoms with E-state index in [1.807, 2.05) is 18.2 Å². The first-order valence-corrected chi connectivity index (χ1v) is 8.31. The Kier molecular flexibility index (Phi) is 5.87. The molecule has 0 saturated heterocycles. The molecule has 0 aliphatic rings. The monoisotopic (exact) mass is 399 g/mol. The zero-order valence-electron chi connectivity index (χ0n) is 11.8. The van der Waals surface area contributed by atoms with Gasteiger partial charge in [-0.05, 0) is 65.2 Å². The zero-order chi connectivity index (χ0) is 14.5. The van der Waals surface area contributed by atoms with Crippen LogP contribution in [-0.4, -0.2) is 6.54 Å². The molecule has 0 aromatic heterocycles. The highest BCUT2D eigenvalue weighted by molar-refractivity contribution is 14.1. The second-order valence-corrected chi connectivity index (χ2v) is 6.37. The van der Waals surface area contributed by atoms with Crippen LogP contribution in [0.4, 0.5) is 0 Å². The molecule has 2 aromatic carbocycles. The average molecular weight is 400 g/mol. The highest BCUT2D eigenvalue weighted by Gasteiger charge is 2.16. The smallest absolute Gasteiger partial charge is 0.0438 e. The van der Waals surface area contributed by atoms with Crippen LogP contribution in [0.2, 0.25) is 5.02 Å². The van der Waals surface area contributed by atoms with Crippen molar-refractivity contribution < 1.29 is 0 Å². The number of likely N-dealkylation sites (N-methyl/N-ethyl adjacent to an activating group) is 1. The topological polar surface area (TPSA) is 12.0 Å². The van der Waals surface area contributed by atoms with E-state index in [9.17, 15) is 0 Å². The predicted octanol–water partition coefficient (Wildman–Crippen LogP) is 5.15. The van der Waals surface area contributed by atoms with Gasteiger partial charge in [-0.3, -0.25) is 0 Å². The maximum Gasteiger partial charge on any atom is 0.0438 e. The Morgan fingerprint density at radius 1 is 1.15 bits per heavy atom. The van der Waals surface area contributed by atoms with E-state index in [0.29, 0.717) is 6.04 Å². The Morgan fingerprint density at radius 3 is 2.60 bits per heavy atom. The molecule has 1 N–H and O–H groups in total. The summed E-state index contributed by atoms with van der Waals surface area (Å²) < 4.78 is 1.34. The lowest BCUT2D eigenvalue weighted by molar-refractivity contribution is 0.547. The molecule has 106 valence electrons. The maximum absolute atomic E-state index is 6.30. The summed E-state index contributed by atoms with van der Waals surface area (Å²) in [5.74, 6) is 0. The summed E-state index contributed by atoms with van der Waals surface area (Å²) in [5.41, 5.74) is 3.87. The van der Waals surface area contributed by atoms with Gasteiger partial charge in [0, 0.05) is 14.6 Å². The fraction of sp³-hybridized carbons (Fsp3) is 0.294. The molecule has 3 heteroatoms. The number of nitrogens with one attached hydrogen (secondary N) is 1. The number of benzene rings is 2. The molecule has 0 amide bonds. The molecule has 0 aliphatic heterocycles. The van der Waals surface area contributed by atoms with Crippen molar-refractivity contribution in [2.75, 3.05) is 6.54 Å². The molecule has 0 aliphatic carbocycles. The lowest BCUT2D eigenvalue weighted by atomic mass is 9.97. The van der Waals surface area contributed by atoms with Gasteiger partial charge in [0.1, 0.15) is 0 Å². The van der Waals surface area contributed by atoms with Crippen LogP contribution in [0, 0.1) is 10.5 Å². The predicted molar refractivity (Wildman–Crippen MR) is 95.5 cm³/mol. The van der Waals surface area contributed by atoms with E-state index >= 15 is 0 Å². The van der Waals surface area contributed by atoms with Crippen LogP contribution in [0.1, 0.15) is 29.7 Å². The summed E-state index contributed by atoms with van der Waals surface area (Å²) in [6, 6.07) is 14.9. The molecule has 2 aromatic rings. The minimum absolute atomic E-state index is 0.298. The largest absolute Gasteiger partial charge is 0.310 e. The van der Waals surface area contributed by atoms with Gasteiger partial charge in [0.25, 0.3) is 0 Å². The van der Waals surface area contributed by atoms with Crippen molar-refractivity contribution in [3.63, 3.8) is 0 Å². The third kappa shape index (κ3) is 3.74. The molecular weight excluding hydrogens is 381 g/mol. The van der Waals surface area contributed by atoms with E-state index in [0.717, 1.165) is 18.0 Å². The summed E-state index contributed by atoms with van der Waals surface area (Å²) in [7, 11) is 0. The van der Waals surface area contributed by atoms with Crippen molar-refractivity contribution in [2.45, 2.75) is 26.3 Å². The quantitative estimate of drug-likeness (QED) is 0.686. The second-order valence-electron chi connectivity index (χ2n) is 4.88. The van der Waals surface area contributed by atoms with E-state index < -0.39 is 0 Å². The van der Waals surface area contributed by atoms with Crippen LogP contribution in [0.5, 0.6) is 0 Å². The van der Waals surface area contributed by atoms with Crippen molar-refractivity contribution in [3.8, 4) is 0 Å². The molecule has 20 heavy (non-hydrogen) atoms. The Hall–Kier alpha value is -0.580. The van der Waals surface area contributed by atoms with E-state index in [1.165, 1.54) is 20.3 Å². The minimum atomic E-state index is 0.298. The number of rotatable bonds is 5. The summed E-state index contributed by atoms with van der Waals surface area (Å²) in [5, 5.41) is 4.42. The van der Waals surface area contributed by atoms with Crippen LogP contribution < -0.4 is 5.32 Å². The Labute approximate surface area is 139 Å². The second kappa shape index (κ2) is 7.43. The highest BCUT2D eigenvalue weighted by Crippen LogP contribution is 2.28. The molecule has 0 fully saturated rings. The van der Waals surface area contributed by atoms with Crippen molar-refractivity contribution in [3.05, 3.63) is 67.7 Å². The summed E-state index contributed by atoms with van der Waals surface area (Å²) >= 11 is 8.74. The molecule has 1 nitrogen and oxygen atoms in total. The average Bonchev–Trinajstić information content (AvgIpc) is 2.44. The van der Waals surface area contributed by atoms with Gasteiger partial charge in [0.05, 0.1) is 0 Å².